The zero-order valence-electron chi connectivity index (χ0n) is 33.0. The van der Waals surface area contributed by atoms with Crippen molar-refractivity contribution in [1.82, 2.24) is 24.8 Å². The Hall–Kier alpha value is -4.40. The van der Waals surface area contributed by atoms with E-state index in [0.29, 0.717) is 74.0 Å². The molecule has 2 aromatic rings. The SMILES string of the molecule is CCCOc1cnc(O[C@@H]2C[C@H]3C(=O)N[C@]4(C(=O)NS(=O)(=O)C5CC5)C[C@H]4/C=C\CC[C@@H](C)C[C@@H](C)[C@H](N(C(=O)O)[C@H]4CC5C[C@H]5C4)C(=O)N3C2)c2ccccc12. The van der Waals surface area contributed by atoms with Gasteiger partial charge >= 0.3 is 6.09 Å². The number of carbonyl (C=O) groups is 4. The van der Waals surface area contributed by atoms with E-state index in [1.165, 1.54) is 9.80 Å². The van der Waals surface area contributed by atoms with Crippen molar-refractivity contribution < 1.29 is 42.2 Å². The minimum absolute atomic E-state index is 0.0260. The topological polar surface area (TPSA) is 185 Å². The molecule has 0 spiro atoms. The van der Waals surface area contributed by atoms with Gasteiger partial charge in [-0.25, -0.2) is 18.2 Å². The van der Waals surface area contributed by atoms with E-state index < -0.39 is 68.7 Å². The van der Waals surface area contributed by atoms with Crippen LogP contribution in [0.25, 0.3) is 10.8 Å². The Bertz CT molecular complexity index is 2050. The summed E-state index contributed by atoms with van der Waals surface area (Å²) in [5, 5.41) is 14.6. The summed E-state index contributed by atoms with van der Waals surface area (Å²) in [4.78, 5) is 64.5. The number of aromatic nitrogens is 1. The molecule has 5 fully saturated rings. The summed E-state index contributed by atoms with van der Waals surface area (Å²) >= 11 is 0. The molecule has 4 aliphatic carbocycles. The summed E-state index contributed by atoms with van der Waals surface area (Å²) in [6.07, 6.45) is 10.1. The number of benzene rings is 1. The number of fused-ring (bicyclic) bond motifs is 4. The standard InChI is InChI=1S/C42H55N5O9S/c1-4-15-55-35-22-43-38(33-12-8-7-11-32(33)35)56-30-20-34-37(48)44-42(40(50)45-57(53,54)31-13-14-31)21-28(42)10-6-5-9-24(2)16-25(3)36(39(49)46(34)23-30)47(41(51)52)29-18-26-17-27(26)19-29/h6-8,10-12,22,24-31,34,36H,4-5,9,13-21,23H2,1-3H3,(H,44,48)(H,45,50)(H,51,52)/b10-6-/t24-,25-,26+,27?,28-,29-,30-,34+,36+,42-/m1/s1. The first-order chi connectivity index (χ1) is 27.3. The number of carboxylic acid groups (broad SMARTS) is 1. The molecule has 4 saturated carbocycles. The van der Waals surface area contributed by atoms with Crippen molar-refractivity contribution in [3.63, 3.8) is 0 Å². The second-order valence-electron chi connectivity index (χ2n) is 17.6. The molecule has 308 valence electrons. The first-order valence-corrected chi connectivity index (χ1v) is 22.4. The molecule has 10 atom stereocenters. The van der Waals surface area contributed by atoms with E-state index in [2.05, 4.69) is 21.9 Å². The summed E-state index contributed by atoms with van der Waals surface area (Å²) < 4.78 is 40.7. The predicted molar refractivity (Wildman–Crippen MR) is 211 cm³/mol. The number of allylic oxidation sites excluding steroid dienone is 1. The summed E-state index contributed by atoms with van der Waals surface area (Å²) in [6.45, 7) is 6.54. The highest BCUT2D eigenvalue weighted by atomic mass is 32.2. The molecule has 8 rings (SSSR count). The van der Waals surface area contributed by atoms with E-state index in [0.717, 1.165) is 24.6 Å². The van der Waals surface area contributed by atoms with Gasteiger partial charge in [0.2, 0.25) is 27.7 Å². The molecule has 1 aromatic heterocycles. The van der Waals surface area contributed by atoms with E-state index in [4.69, 9.17) is 9.47 Å². The van der Waals surface area contributed by atoms with Crippen LogP contribution < -0.4 is 19.5 Å². The van der Waals surface area contributed by atoms with Crippen LogP contribution in [0.15, 0.2) is 42.6 Å². The van der Waals surface area contributed by atoms with E-state index in [-0.39, 0.29) is 37.3 Å². The molecule has 1 aromatic carbocycles. The zero-order valence-corrected chi connectivity index (χ0v) is 33.8. The van der Waals surface area contributed by atoms with E-state index >= 15 is 4.79 Å². The van der Waals surface area contributed by atoms with Gasteiger partial charge in [0.1, 0.15) is 29.5 Å². The van der Waals surface area contributed by atoms with Gasteiger partial charge in [0.15, 0.2) is 0 Å². The molecule has 6 aliphatic rings. The maximum absolute atomic E-state index is 15.2. The third-order valence-corrected chi connectivity index (χ3v) is 15.0. The molecule has 57 heavy (non-hydrogen) atoms. The van der Waals surface area contributed by atoms with Crippen LogP contribution in [0.4, 0.5) is 4.79 Å². The van der Waals surface area contributed by atoms with Crippen LogP contribution in [0.1, 0.15) is 91.4 Å². The number of nitrogens with zero attached hydrogens (tertiary/aromatic N) is 3. The fraction of sp³-hybridized carbons (Fsp3) is 0.643. The molecular formula is C42H55N5O9S. The molecular weight excluding hydrogens is 751 g/mol. The highest BCUT2D eigenvalue weighted by molar-refractivity contribution is 7.91. The lowest BCUT2D eigenvalue weighted by Gasteiger charge is -2.40. The fourth-order valence-electron chi connectivity index (χ4n) is 9.80. The van der Waals surface area contributed by atoms with Crippen molar-refractivity contribution in [1.29, 1.82) is 0 Å². The molecule has 14 nitrogen and oxygen atoms in total. The van der Waals surface area contributed by atoms with Gasteiger partial charge in [-0.3, -0.25) is 24.0 Å². The van der Waals surface area contributed by atoms with Gasteiger partial charge in [0, 0.05) is 29.2 Å². The normalized spacial score (nSPS) is 34.4. The Morgan fingerprint density at radius 2 is 1.79 bits per heavy atom. The predicted octanol–water partition coefficient (Wildman–Crippen LogP) is 5.01. The van der Waals surface area contributed by atoms with Gasteiger partial charge in [0.25, 0.3) is 5.91 Å². The number of amides is 4. The van der Waals surface area contributed by atoms with E-state index in [1.54, 1.807) is 6.20 Å². The first kappa shape index (κ1) is 39.4. The van der Waals surface area contributed by atoms with Gasteiger partial charge in [-0.05, 0) is 93.9 Å². The zero-order chi connectivity index (χ0) is 40.2. The number of hydrogen-bond acceptors (Lipinski definition) is 9. The number of nitrogens with one attached hydrogen (secondary N) is 2. The van der Waals surface area contributed by atoms with Crippen LogP contribution in [0.3, 0.4) is 0 Å². The number of rotatable bonds is 10. The Labute approximate surface area is 334 Å². The molecule has 4 amide bonds. The lowest BCUT2D eigenvalue weighted by molar-refractivity contribution is -0.145. The number of sulfonamides is 1. The third-order valence-electron chi connectivity index (χ3n) is 13.2. The first-order valence-electron chi connectivity index (χ1n) is 20.8. The second-order valence-corrected chi connectivity index (χ2v) is 19.6. The number of hydrogen-bond donors (Lipinski definition) is 3. The van der Waals surface area contributed by atoms with Gasteiger partial charge < -0.3 is 24.8 Å². The van der Waals surface area contributed by atoms with Crippen molar-refractivity contribution >= 4 is 44.6 Å². The van der Waals surface area contributed by atoms with Crippen molar-refractivity contribution in [3.05, 3.63) is 42.6 Å². The van der Waals surface area contributed by atoms with Crippen LogP contribution in [-0.2, 0) is 24.4 Å². The molecule has 1 unspecified atom stereocenters. The van der Waals surface area contributed by atoms with Crippen molar-refractivity contribution in [2.24, 2.45) is 29.6 Å². The number of carbonyl (C=O) groups excluding carboxylic acids is 3. The molecule has 3 heterocycles. The fourth-order valence-corrected chi connectivity index (χ4v) is 11.2. The van der Waals surface area contributed by atoms with Gasteiger partial charge in [-0.15, -0.1) is 0 Å². The van der Waals surface area contributed by atoms with Crippen molar-refractivity contribution in [3.8, 4) is 11.6 Å². The number of ether oxygens (including phenoxy) is 2. The average molecular weight is 806 g/mol. The van der Waals surface area contributed by atoms with Crippen LogP contribution >= 0.6 is 0 Å². The van der Waals surface area contributed by atoms with Gasteiger partial charge in [0.05, 0.1) is 24.6 Å². The van der Waals surface area contributed by atoms with Crippen LogP contribution in [0.2, 0.25) is 0 Å². The smallest absolute Gasteiger partial charge is 0.408 e. The summed E-state index contributed by atoms with van der Waals surface area (Å²) in [5.74, 6) is -0.694. The molecule has 1 saturated heterocycles. The Balaban J connectivity index is 1.15. The molecule has 0 bridgehead atoms. The van der Waals surface area contributed by atoms with E-state index in [9.17, 15) is 27.9 Å². The Kier molecular flexibility index (Phi) is 10.7. The molecule has 0 radical (unpaired) electrons. The highest BCUT2D eigenvalue weighted by Gasteiger charge is 2.62. The van der Waals surface area contributed by atoms with Gasteiger partial charge in [-0.1, -0.05) is 51.1 Å². The highest BCUT2D eigenvalue weighted by Crippen LogP contribution is 2.54. The average Bonchev–Trinajstić information content (AvgIpc) is 4.14. The Morgan fingerprint density at radius 1 is 1.05 bits per heavy atom. The number of pyridine rings is 1. The minimum atomic E-state index is -3.91. The minimum Gasteiger partial charge on any atom is -0.491 e. The lowest BCUT2D eigenvalue weighted by atomic mass is 9.86. The van der Waals surface area contributed by atoms with Crippen LogP contribution in [0, 0.1) is 29.6 Å². The Morgan fingerprint density at radius 3 is 2.49 bits per heavy atom. The summed E-state index contributed by atoms with van der Waals surface area (Å²) in [5.41, 5.74) is -1.52. The maximum atomic E-state index is 15.2. The van der Waals surface area contributed by atoms with Crippen LogP contribution in [-0.4, -0.2) is 100 Å². The molecule has 2 aliphatic heterocycles. The van der Waals surface area contributed by atoms with Gasteiger partial charge in [-0.2, -0.15) is 0 Å². The second kappa shape index (κ2) is 15.4. The molecule has 15 heteroatoms. The molecule has 3 N–H and O–H groups in total. The quantitative estimate of drug-likeness (QED) is 0.276. The van der Waals surface area contributed by atoms with E-state index in [1.807, 2.05) is 50.3 Å². The van der Waals surface area contributed by atoms with Crippen molar-refractivity contribution in [2.45, 2.75) is 126 Å². The summed E-state index contributed by atoms with van der Waals surface area (Å²) in [6, 6.07) is 5.06. The lowest BCUT2D eigenvalue weighted by Crippen LogP contribution is -2.61. The summed E-state index contributed by atoms with van der Waals surface area (Å²) in [7, 11) is -3.91. The van der Waals surface area contributed by atoms with Crippen LogP contribution in [0.5, 0.6) is 11.6 Å². The van der Waals surface area contributed by atoms with Crippen molar-refractivity contribution in [2.75, 3.05) is 13.2 Å². The maximum Gasteiger partial charge on any atom is 0.408 e. The third kappa shape index (κ3) is 7.92. The largest absolute Gasteiger partial charge is 0.491 e. The monoisotopic (exact) mass is 805 g/mol.